The number of benzene rings is 3. The Hall–Kier alpha value is -2.71. The first-order valence-corrected chi connectivity index (χ1v) is 16.9. The molecule has 1 aliphatic heterocycles. The Morgan fingerprint density at radius 1 is 1.02 bits per heavy atom. The molecule has 2 amide bonds. The largest absolute Gasteiger partial charge is 0.447 e. The predicted octanol–water partition coefficient (Wildman–Crippen LogP) is 8.57. The van der Waals surface area contributed by atoms with Crippen LogP contribution in [0.15, 0.2) is 72.8 Å². The minimum Gasteiger partial charge on any atom is -0.447 e. The van der Waals surface area contributed by atoms with E-state index in [-0.39, 0.29) is 11.6 Å². The fourth-order valence-corrected chi connectivity index (χ4v) is 6.11. The number of nitrogens with zero attached hydrogens (tertiary/aromatic N) is 1. The summed E-state index contributed by atoms with van der Waals surface area (Å²) in [6.45, 7) is 10.6. The topological polar surface area (TPSA) is 55.8 Å². The maximum Gasteiger partial charge on any atom is 0.417 e. The van der Waals surface area contributed by atoms with Crippen LogP contribution in [0.5, 0.6) is 0 Å². The minimum atomic E-state index is -2.51. The third-order valence-electron chi connectivity index (χ3n) is 7.81. The first-order chi connectivity index (χ1) is 18.8. The highest BCUT2D eigenvalue weighted by Gasteiger charge is 2.47. The minimum absolute atomic E-state index is 0.0795. The molecule has 0 unspecified atom stereocenters. The highest BCUT2D eigenvalue weighted by Crippen LogP contribution is 2.46. The third-order valence-corrected chi connectivity index (χ3v) is 13.0. The lowest BCUT2D eigenvalue weighted by Gasteiger charge is -2.42. The highest BCUT2D eigenvalue weighted by molar-refractivity contribution is 6.74. The molecule has 212 valence electrons. The molecule has 4 rings (SSSR count). The third kappa shape index (κ3) is 6.60. The van der Waals surface area contributed by atoms with E-state index in [9.17, 15) is 14.0 Å². The van der Waals surface area contributed by atoms with E-state index in [0.29, 0.717) is 27.6 Å². The number of cyclic esters (lactones) is 1. The van der Waals surface area contributed by atoms with E-state index in [0.717, 1.165) is 5.56 Å². The Morgan fingerprint density at radius 2 is 1.65 bits per heavy atom. The zero-order valence-corrected chi connectivity index (χ0v) is 25.8. The summed E-state index contributed by atoms with van der Waals surface area (Å²) >= 11 is 12.7. The lowest BCUT2D eigenvalue weighted by Crippen LogP contribution is -2.47. The number of carbonyl (C=O) groups excluding carboxylic acids is 2. The summed E-state index contributed by atoms with van der Waals surface area (Å²) < 4.78 is 26.4. The second kappa shape index (κ2) is 12.0. The van der Waals surface area contributed by atoms with Crippen molar-refractivity contribution in [2.75, 3.05) is 6.61 Å². The maximum absolute atomic E-state index is 14.6. The summed E-state index contributed by atoms with van der Waals surface area (Å²) in [6, 6.07) is 20.0. The molecular weight excluding hydrogens is 568 g/mol. The van der Waals surface area contributed by atoms with Crippen molar-refractivity contribution in [2.45, 2.75) is 63.4 Å². The molecule has 1 aliphatic rings. The Bertz CT molecular complexity index is 1360. The van der Waals surface area contributed by atoms with E-state index in [1.54, 1.807) is 30.3 Å². The fraction of sp³-hybridized carbons (Fsp3) is 0.355. The van der Waals surface area contributed by atoms with Crippen LogP contribution in [0.3, 0.4) is 0 Å². The number of imide groups is 1. The van der Waals surface area contributed by atoms with Crippen LogP contribution >= 0.6 is 23.2 Å². The molecule has 40 heavy (non-hydrogen) atoms. The molecule has 0 radical (unpaired) electrons. The molecular formula is C31H34Cl2FNO4Si. The summed E-state index contributed by atoms with van der Waals surface area (Å²) in [4.78, 5) is 28.8. The van der Waals surface area contributed by atoms with Crippen LogP contribution in [0.4, 0.5) is 9.18 Å². The number of amides is 2. The number of carbonyl (C=O) groups is 2. The summed E-state index contributed by atoms with van der Waals surface area (Å²) in [6.07, 6.45) is -1.10. The van der Waals surface area contributed by atoms with Gasteiger partial charge in [0.2, 0.25) is 5.91 Å². The van der Waals surface area contributed by atoms with Crippen LogP contribution < -0.4 is 0 Å². The molecule has 3 aromatic rings. The average Bonchev–Trinajstić information content (AvgIpc) is 3.25. The number of rotatable bonds is 8. The Balaban J connectivity index is 1.84. The molecule has 5 nitrogen and oxygen atoms in total. The average molecular weight is 603 g/mol. The van der Waals surface area contributed by atoms with Crippen molar-refractivity contribution in [3.05, 3.63) is 105 Å². The van der Waals surface area contributed by atoms with Gasteiger partial charge in [0.15, 0.2) is 8.32 Å². The van der Waals surface area contributed by atoms with Crippen molar-refractivity contribution in [1.82, 2.24) is 4.90 Å². The van der Waals surface area contributed by atoms with Gasteiger partial charge in [0.05, 0.1) is 28.1 Å². The Kier molecular flexibility index (Phi) is 9.10. The quantitative estimate of drug-likeness (QED) is 0.243. The lowest BCUT2D eigenvalue weighted by molar-refractivity contribution is -0.133. The van der Waals surface area contributed by atoms with Crippen LogP contribution in [0.1, 0.15) is 49.5 Å². The molecule has 0 N–H and O–H groups in total. The number of halogens is 3. The smallest absolute Gasteiger partial charge is 0.417 e. The summed E-state index contributed by atoms with van der Waals surface area (Å²) in [5.74, 6) is -1.91. The van der Waals surface area contributed by atoms with E-state index in [1.165, 1.54) is 17.0 Å². The number of ether oxygens (including phenoxy) is 1. The zero-order chi connectivity index (χ0) is 29.2. The summed E-state index contributed by atoms with van der Waals surface area (Å²) in [7, 11) is -2.51. The molecule has 3 aromatic carbocycles. The van der Waals surface area contributed by atoms with Gasteiger partial charge in [-0.3, -0.25) is 4.79 Å². The van der Waals surface area contributed by atoms with Crippen LogP contribution in [-0.2, 0) is 20.4 Å². The lowest BCUT2D eigenvalue weighted by atomic mass is 9.87. The molecule has 1 fully saturated rings. The van der Waals surface area contributed by atoms with Crippen LogP contribution in [0.2, 0.25) is 28.2 Å². The molecule has 1 saturated heterocycles. The monoisotopic (exact) mass is 601 g/mol. The van der Waals surface area contributed by atoms with Gasteiger partial charge in [-0.15, -0.1) is 0 Å². The van der Waals surface area contributed by atoms with E-state index >= 15 is 0 Å². The van der Waals surface area contributed by atoms with E-state index in [2.05, 4.69) is 33.9 Å². The van der Waals surface area contributed by atoms with E-state index in [4.69, 9.17) is 32.4 Å². The molecule has 1 heterocycles. The molecule has 0 aliphatic carbocycles. The first-order valence-electron chi connectivity index (χ1n) is 13.2. The normalized spacial score (nSPS) is 17.4. The molecule has 0 aromatic heterocycles. The highest BCUT2D eigenvalue weighted by atomic mass is 35.5. The standard InChI is InChI=1S/C31H34Cl2FNO4Si/c1-31(2,3)40(4,5)39-28(22-13-16-25(32)26(33)18-22)27(21-11-14-23(34)15-12-21)29(36)35-24(19-38-30(35)37)17-20-9-7-6-8-10-20/h6-16,18,24,27-28H,17,19H2,1-5H3/t24-,27-,28+/m1/s1. The van der Waals surface area contributed by atoms with Gasteiger partial charge in [0, 0.05) is 0 Å². The van der Waals surface area contributed by atoms with Crippen molar-refractivity contribution in [2.24, 2.45) is 0 Å². The Morgan fingerprint density at radius 3 is 2.25 bits per heavy atom. The van der Waals surface area contributed by atoms with Crippen molar-refractivity contribution in [1.29, 1.82) is 0 Å². The summed E-state index contributed by atoms with van der Waals surface area (Å²) in [5, 5.41) is 0.489. The van der Waals surface area contributed by atoms with Gasteiger partial charge in [-0.1, -0.05) is 92.5 Å². The molecule has 0 bridgehead atoms. The predicted molar refractivity (Wildman–Crippen MR) is 159 cm³/mol. The zero-order valence-electron chi connectivity index (χ0n) is 23.3. The van der Waals surface area contributed by atoms with Crippen molar-refractivity contribution >= 4 is 43.5 Å². The molecule has 0 spiro atoms. The number of hydrogen-bond acceptors (Lipinski definition) is 4. The van der Waals surface area contributed by atoms with Gasteiger partial charge in [-0.05, 0) is 65.5 Å². The van der Waals surface area contributed by atoms with Gasteiger partial charge in [0.1, 0.15) is 12.4 Å². The maximum atomic E-state index is 14.6. The second-order valence-corrected chi connectivity index (χ2v) is 17.2. The SMILES string of the molecule is CC(C)(C)[Si](C)(C)O[C@@H](c1ccc(Cl)c(Cl)c1)[C@H](C(=O)N1C(=O)OC[C@H]1Cc1ccccc1)c1ccc(F)cc1. The van der Waals surface area contributed by atoms with E-state index in [1.807, 2.05) is 30.3 Å². The van der Waals surface area contributed by atoms with Gasteiger partial charge < -0.3 is 9.16 Å². The van der Waals surface area contributed by atoms with Gasteiger partial charge in [0.25, 0.3) is 0 Å². The molecule has 9 heteroatoms. The molecule has 0 saturated carbocycles. The first kappa shape index (κ1) is 30.3. The van der Waals surface area contributed by atoms with E-state index < -0.39 is 44.2 Å². The van der Waals surface area contributed by atoms with Crippen molar-refractivity contribution in [3.63, 3.8) is 0 Å². The van der Waals surface area contributed by atoms with Gasteiger partial charge in [-0.2, -0.15) is 0 Å². The Labute approximate surface area is 246 Å². The van der Waals surface area contributed by atoms with Crippen LogP contribution in [-0.4, -0.2) is 37.9 Å². The van der Waals surface area contributed by atoms with Crippen molar-refractivity contribution in [3.8, 4) is 0 Å². The number of hydrogen-bond donors (Lipinski definition) is 0. The van der Waals surface area contributed by atoms with Gasteiger partial charge >= 0.3 is 6.09 Å². The fourth-order valence-electron chi connectivity index (χ4n) is 4.55. The van der Waals surface area contributed by atoms with Crippen molar-refractivity contribution < 1.29 is 23.1 Å². The molecule has 3 atom stereocenters. The van der Waals surface area contributed by atoms with Gasteiger partial charge in [-0.25, -0.2) is 14.1 Å². The second-order valence-electron chi connectivity index (χ2n) is 11.6. The van der Waals surface area contributed by atoms with Crippen LogP contribution in [0.25, 0.3) is 0 Å². The van der Waals surface area contributed by atoms with Crippen LogP contribution in [0, 0.1) is 5.82 Å². The summed E-state index contributed by atoms with van der Waals surface area (Å²) in [5.41, 5.74) is 2.12.